The number of halogens is 1. The van der Waals surface area contributed by atoms with Crippen molar-refractivity contribution in [2.24, 2.45) is 0 Å². The van der Waals surface area contributed by atoms with E-state index in [1.54, 1.807) is 24.3 Å². The molecule has 0 atom stereocenters. The molecule has 0 unspecified atom stereocenters. The summed E-state index contributed by atoms with van der Waals surface area (Å²) in [5, 5.41) is 0.848. The normalized spacial score (nSPS) is 10.8. The average Bonchev–Trinajstić information content (AvgIpc) is 2.57. The SMILES string of the molecule is Cc1cccc2c(=O)n(CC(=O)OCc3ccc(Cl)nc3)cnc12. The molecule has 0 aliphatic carbocycles. The maximum atomic E-state index is 12.4. The molecule has 2 heterocycles. The molecule has 0 aliphatic rings. The lowest BCUT2D eigenvalue weighted by Crippen LogP contribution is -2.25. The van der Waals surface area contributed by atoms with Crippen LogP contribution >= 0.6 is 11.6 Å². The van der Waals surface area contributed by atoms with Gasteiger partial charge in [-0.3, -0.25) is 14.2 Å². The van der Waals surface area contributed by atoms with E-state index in [0.717, 1.165) is 5.56 Å². The summed E-state index contributed by atoms with van der Waals surface area (Å²) in [6, 6.07) is 8.70. The Morgan fingerprint density at radius 2 is 2.08 bits per heavy atom. The Kier molecular flexibility index (Phi) is 4.57. The zero-order chi connectivity index (χ0) is 17.1. The molecule has 122 valence electrons. The van der Waals surface area contributed by atoms with Crippen LogP contribution in [0.4, 0.5) is 0 Å². The summed E-state index contributed by atoms with van der Waals surface area (Å²) in [6.07, 6.45) is 2.89. The number of nitrogens with zero attached hydrogens (tertiary/aromatic N) is 3. The number of aryl methyl sites for hydroxylation is 1. The van der Waals surface area contributed by atoms with E-state index in [1.165, 1.54) is 17.1 Å². The maximum absolute atomic E-state index is 12.4. The first-order valence-electron chi connectivity index (χ1n) is 7.25. The molecule has 0 saturated heterocycles. The minimum atomic E-state index is -0.527. The van der Waals surface area contributed by atoms with Gasteiger partial charge in [0.15, 0.2) is 0 Å². The zero-order valence-electron chi connectivity index (χ0n) is 12.9. The van der Waals surface area contributed by atoms with Gasteiger partial charge in [-0.05, 0) is 24.6 Å². The van der Waals surface area contributed by atoms with Crippen molar-refractivity contribution in [3.05, 3.63) is 69.5 Å². The van der Waals surface area contributed by atoms with Gasteiger partial charge in [0.05, 0.1) is 17.2 Å². The molecular weight excluding hydrogens is 330 g/mol. The summed E-state index contributed by atoms with van der Waals surface area (Å²) >= 11 is 5.69. The second kappa shape index (κ2) is 6.80. The standard InChI is InChI=1S/C17H14ClN3O3/c1-11-3-2-4-13-16(11)20-10-21(17(13)23)8-15(22)24-9-12-5-6-14(18)19-7-12/h2-7,10H,8-9H2,1H3. The molecule has 0 aliphatic heterocycles. The Morgan fingerprint density at radius 3 is 2.83 bits per heavy atom. The molecule has 7 heteroatoms. The van der Waals surface area contributed by atoms with Crippen LogP contribution in [0.15, 0.2) is 47.7 Å². The summed E-state index contributed by atoms with van der Waals surface area (Å²) in [5.41, 5.74) is 2.00. The van der Waals surface area contributed by atoms with E-state index in [2.05, 4.69) is 9.97 Å². The highest BCUT2D eigenvalue weighted by molar-refractivity contribution is 6.29. The van der Waals surface area contributed by atoms with Crippen LogP contribution < -0.4 is 5.56 Å². The van der Waals surface area contributed by atoms with Gasteiger partial charge < -0.3 is 4.74 Å². The summed E-state index contributed by atoms with van der Waals surface area (Å²) in [4.78, 5) is 32.5. The Balaban J connectivity index is 1.72. The van der Waals surface area contributed by atoms with Gasteiger partial charge in [0.2, 0.25) is 0 Å². The van der Waals surface area contributed by atoms with E-state index >= 15 is 0 Å². The van der Waals surface area contributed by atoms with Crippen LogP contribution in [0.25, 0.3) is 10.9 Å². The monoisotopic (exact) mass is 343 g/mol. The molecule has 0 radical (unpaired) electrons. The molecule has 0 bridgehead atoms. The van der Waals surface area contributed by atoms with Gasteiger partial charge in [-0.2, -0.15) is 0 Å². The Morgan fingerprint density at radius 1 is 1.25 bits per heavy atom. The van der Waals surface area contributed by atoms with Crippen molar-refractivity contribution in [1.29, 1.82) is 0 Å². The number of hydrogen-bond acceptors (Lipinski definition) is 5. The van der Waals surface area contributed by atoms with Gasteiger partial charge in [0, 0.05) is 11.8 Å². The smallest absolute Gasteiger partial charge is 0.326 e. The number of rotatable bonds is 4. The maximum Gasteiger partial charge on any atom is 0.326 e. The fraction of sp³-hybridized carbons (Fsp3) is 0.176. The summed E-state index contributed by atoms with van der Waals surface area (Å²) < 4.78 is 6.39. The average molecular weight is 344 g/mol. The number of ether oxygens (including phenoxy) is 1. The minimum absolute atomic E-state index is 0.0673. The lowest BCUT2D eigenvalue weighted by Gasteiger charge is -2.08. The van der Waals surface area contributed by atoms with Gasteiger partial charge in [-0.1, -0.05) is 29.8 Å². The summed E-state index contributed by atoms with van der Waals surface area (Å²) in [5.74, 6) is -0.527. The lowest BCUT2D eigenvalue weighted by atomic mass is 10.1. The predicted molar refractivity (Wildman–Crippen MR) is 89.8 cm³/mol. The minimum Gasteiger partial charge on any atom is -0.459 e. The molecule has 0 saturated carbocycles. The molecule has 24 heavy (non-hydrogen) atoms. The van der Waals surface area contributed by atoms with Crippen LogP contribution in [-0.4, -0.2) is 20.5 Å². The number of carbonyl (C=O) groups is 1. The molecular formula is C17H14ClN3O3. The first-order valence-corrected chi connectivity index (χ1v) is 7.63. The highest BCUT2D eigenvalue weighted by atomic mass is 35.5. The predicted octanol–water partition coefficient (Wildman–Crippen LogP) is 2.50. The van der Waals surface area contributed by atoms with Crippen LogP contribution in [0.2, 0.25) is 5.15 Å². The molecule has 0 amide bonds. The number of aromatic nitrogens is 3. The highest BCUT2D eigenvalue weighted by Gasteiger charge is 2.10. The largest absolute Gasteiger partial charge is 0.459 e. The van der Waals surface area contributed by atoms with E-state index in [1.807, 2.05) is 13.0 Å². The van der Waals surface area contributed by atoms with Crippen molar-refractivity contribution in [2.45, 2.75) is 20.1 Å². The van der Waals surface area contributed by atoms with Crippen molar-refractivity contribution in [3.63, 3.8) is 0 Å². The molecule has 0 spiro atoms. The number of esters is 1. The van der Waals surface area contributed by atoms with Crippen molar-refractivity contribution < 1.29 is 9.53 Å². The van der Waals surface area contributed by atoms with Crippen molar-refractivity contribution in [2.75, 3.05) is 0 Å². The number of hydrogen-bond donors (Lipinski definition) is 0. The third kappa shape index (κ3) is 3.44. The van der Waals surface area contributed by atoms with E-state index in [4.69, 9.17) is 16.3 Å². The lowest BCUT2D eigenvalue weighted by molar-refractivity contribution is -0.145. The molecule has 2 aromatic heterocycles. The second-order valence-electron chi connectivity index (χ2n) is 5.30. The zero-order valence-corrected chi connectivity index (χ0v) is 13.7. The fourth-order valence-corrected chi connectivity index (χ4v) is 2.40. The Bertz CT molecular complexity index is 951. The summed E-state index contributed by atoms with van der Waals surface area (Å²) in [6.45, 7) is 1.75. The van der Waals surface area contributed by atoms with Crippen molar-refractivity contribution in [1.82, 2.24) is 14.5 Å². The van der Waals surface area contributed by atoms with Gasteiger partial charge >= 0.3 is 5.97 Å². The summed E-state index contributed by atoms with van der Waals surface area (Å²) in [7, 11) is 0. The van der Waals surface area contributed by atoms with Crippen LogP contribution in [0.5, 0.6) is 0 Å². The van der Waals surface area contributed by atoms with E-state index in [0.29, 0.717) is 21.6 Å². The molecule has 0 N–H and O–H groups in total. The number of carbonyl (C=O) groups excluding carboxylic acids is 1. The van der Waals surface area contributed by atoms with Crippen LogP contribution in [0, 0.1) is 6.92 Å². The Labute approximate surface area is 142 Å². The van der Waals surface area contributed by atoms with E-state index in [9.17, 15) is 9.59 Å². The molecule has 3 aromatic rings. The highest BCUT2D eigenvalue weighted by Crippen LogP contribution is 2.11. The van der Waals surface area contributed by atoms with Gasteiger partial charge in [0.1, 0.15) is 18.3 Å². The van der Waals surface area contributed by atoms with Crippen LogP contribution in [-0.2, 0) is 22.7 Å². The van der Waals surface area contributed by atoms with Gasteiger partial charge in [0.25, 0.3) is 5.56 Å². The van der Waals surface area contributed by atoms with E-state index < -0.39 is 5.97 Å². The van der Waals surface area contributed by atoms with Crippen molar-refractivity contribution >= 4 is 28.5 Å². The van der Waals surface area contributed by atoms with Crippen LogP contribution in [0.3, 0.4) is 0 Å². The van der Waals surface area contributed by atoms with E-state index in [-0.39, 0.29) is 18.7 Å². The van der Waals surface area contributed by atoms with Gasteiger partial charge in [-0.25, -0.2) is 9.97 Å². The topological polar surface area (TPSA) is 74.1 Å². The Hall–Kier alpha value is -2.73. The third-order valence-electron chi connectivity index (χ3n) is 3.54. The molecule has 6 nitrogen and oxygen atoms in total. The number of para-hydroxylation sites is 1. The molecule has 3 rings (SSSR count). The number of benzene rings is 1. The first kappa shape index (κ1) is 16.1. The van der Waals surface area contributed by atoms with Crippen molar-refractivity contribution in [3.8, 4) is 0 Å². The number of pyridine rings is 1. The fourth-order valence-electron chi connectivity index (χ4n) is 2.29. The van der Waals surface area contributed by atoms with Gasteiger partial charge in [-0.15, -0.1) is 0 Å². The first-order chi connectivity index (χ1) is 11.5. The third-order valence-corrected chi connectivity index (χ3v) is 3.77. The molecule has 0 fully saturated rings. The number of fused-ring (bicyclic) bond motifs is 1. The van der Waals surface area contributed by atoms with Crippen LogP contribution in [0.1, 0.15) is 11.1 Å². The second-order valence-corrected chi connectivity index (χ2v) is 5.69. The molecule has 1 aromatic carbocycles. The quantitative estimate of drug-likeness (QED) is 0.537.